The van der Waals surface area contributed by atoms with E-state index in [0.717, 1.165) is 16.6 Å². The van der Waals surface area contributed by atoms with E-state index < -0.39 is 0 Å². The highest BCUT2D eigenvalue weighted by molar-refractivity contribution is 6.31. The van der Waals surface area contributed by atoms with E-state index in [2.05, 4.69) is 5.32 Å². The van der Waals surface area contributed by atoms with Crippen molar-refractivity contribution in [3.05, 3.63) is 88.4 Å². The van der Waals surface area contributed by atoms with Gasteiger partial charge >= 0.3 is 0 Å². The standard InChI is InChI=1S/C28H26ClN5O3/c1-36-22-12-11-17(15-23(22)37-2)13-14-34-26(30)24(28(35)31-16-18-7-3-4-8-19(18)29)25-27(34)33-21-10-6-5-9-20(21)32-25/h3-12,15H,13-14,16,30H2,1-2H3,(H,31,35). The van der Waals surface area contributed by atoms with Crippen LogP contribution in [0.25, 0.3) is 22.2 Å². The van der Waals surface area contributed by atoms with Crippen molar-refractivity contribution >= 4 is 45.5 Å². The molecule has 188 valence electrons. The summed E-state index contributed by atoms with van der Waals surface area (Å²) in [5, 5.41) is 3.52. The van der Waals surface area contributed by atoms with Crippen LogP contribution >= 0.6 is 11.6 Å². The zero-order chi connectivity index (χ0) is 25.9. The minimum Gasteiger partial charge on any atom is -0.493 e. The number of benzene rings is 3. The molecule has 0 fully saturated rings. The van der Waals surface area contributed by atoms with Crippen LogP contribution in [0.2, 0.25) is 5.02 Å². The summed E-state index contributed by atoms with van der Waals surface area (Å²) < 4.78 is 12.6. The first-order chi connectivity index (χ1) is 18.0. The van der Waals surface area contributed by atoms with E-state index >= 15 is 0 Å². The molecular weight excluding hydrogens is 490 g/mol. The number of nitrogen functional groups attached to an aromatic ring is 1. The van der Waals surface area contributed by atoms with Gasteiger partial charge in [-0.3, -0.25) is 4.79 Å². The van der Waals surface area contributed by atoms with Crippen molar-refractivity contribution in [2.24, 2.45) is 0 Å². The highest BCUT2D eigenvalue weighted by Crippen LogP contribution is 2.30. The van der Waals surface area contributed by atoms with Crippen molar-refractivity contribution in [2.45, 2.75) is 19.5 Å². The number of carbonyl (C=O) groups excluding carboxylic acids is 1. The number of halogens is 1. The third kappa shape index (κ3) is 4.75. The Labute approximate surface area is 219 Å². The van der Waals surface area contributed by atoms with Gasteiger partial charge in [-0.1, -0.05) is 48.0 Å². The van der Waals surface area contributed by atoms with Crippen LogP contribution < -0.4 is 20.5 Å². The maximum atomic E-state index is 13.4. The molecule has 2 aromatic heterocycles. The van der Waals surface area contributed by atoms with Gasteiger partial charge in [-0.05, 0) is 47.9 Å². The molecule has 9 heteroatoms. The fraction of sp³-hybridized carbons (Fsp3) is 0.179. The number of aryl methyl sites for hydroxylation is 2. The number of hydrogen-bond donors (Lipinski definition) is 2. The molecule has 3 N–H and O–H groups in total. The number of nitrogens with two attached hydrogens (primary N) is 1. The summed E-state index contributed by atoms with van der Waals surface area (Å²) in [6.45, 7) is 0.750. The van der Waals surface area contributed by atoms with Gasteiger partial charge in [-0.25, -0.2) is 9.97 Å². The number of carbonyl (C=O) groups is 1. The van der Waals surface area contributed by atoms with E-state index in [1.165, 1.54) is 0 Å². The first-order valence-electron chi connectivity index (χ1n) is 11.8. The summed E-state index contributed by atoms with van der Waals surface area (Å²) in [6, 6.07) is 20.7. The van der Waals surface area contributed by atoms with Crippen molar-refractivity contribution < 1.29 is 14.3 Å². The molecule has 0 saturated carbocycles. The van der Waals surface area contributed by atoms with Crippen LogP contribution in [0.4, 0.5) is 5.82 Å². The minimum absolute atomic E-state index is 0.261. The summed E-state index contributed by atoms with van der Waals surface area (Å²) in [5.74, 6) is 1.28. The molecule has 0 aliphatic rings. The second-order valence-corrected chi connectivity index (χ2v) is 8.92. The normalized spacial score (nSPS) is 11.1. The Balaban J connectivity index is 1.52. The number of hydrogen-bond acceptors (Lipinski definition) is 6. The lowest BCUT2D eigenvalue weighted by atomic mass is 10.1. The van der Waals surface area contributed by atoms with E-state index in [-0.39, 0.29) is 12.5 Å². The zero-order valence-electron chi connectivity index (χ0n) is 20.5. The summed E-state index contributed by atoms with van der Waals surface area (Å²) in [6.07, 6.45) is 0.628. The fourth-order valence-electron chi connectivity index (χ4n) is 4.35. The van der Waals surface area contributed by atoms with E-state index in [4.69, 9.17) is 36.8 Å². The van der Waals surface area contributed by atoms with Crippen molar-refractivity contribution in [2.75, 3.05) is 20.0 Å². The minimum atomic E-state index is -0.336. The van der Waals surface area contributed by atoms with Gasteiger partial charge in [0.1, 0.15) is 16.9 Å². The van der Waals surface area contributed by atoms with E-state index in [1.54, 1.807) is 20.3 Å². The van der Waals surface area contributed by atoms with Crippen LogP contribution in [0.3, 0.4) is 0 Å². The number of nitrogens with zero attached hydrogens (tertiary/aromatic N) is 3. The number of rotatable bonds is 8. The number of fused-ring (bicyclic) bond motifs is 2. The van der Waals surface area contributed by atoms with Crippen molar-refractivity contribution in [1.82, 2.24) is 19.9 Å². The monoisotopic (exact) mass is 515 g/mol. The van der Waals surface area contributed by atoms with Crippen LogP contribution in [0.5, 0.6) is 11.5 Å². The summed E-state index contributed by atoms with van der Waals surface area (Å²) in [5.41, 5.74) is 11.2. The number of para-hydroxylation sites is 2. The second kappa shape index (κ2) is 10.4. The lowest BCUT2D eigenvalue weighted by molar-refractivity contribution is 0.0953. The first-order valence-corrected chi connectivity index (χ1v) is 12.1. The van der Waals surface area contributed by atoms with E-state index in [1.807, 2.05) is 65.2 Å². The van der Waals surface area contributed by atoms with Gasteiger partial charge in [-0.2, -0.15) is 0 Å². The molecule has 0 bridgehead atoms. The van der Waals surface area contributed by atoms with Gasteiger partial charge in [0.2, 0.25) is 0 Å². The molecule has 5 aromatic rings. The Bertz CT molecular complexity index is 1620. The molecule has 0 spiro atoms. The maximum absolute atomic E-state index is 13.4. The number of methoxy groups -OCH3 is 2. The van der Waals surface area contributed by atoms with Crippen molar-refractivity contribution in [1.29, 1.82) is 0 Å². The molecule has 0 atom stereocenters. The SMILES string of the molecule is COc1ccc(CCn2c(N)c(C(=O)NCc3ccccc3Cl)c3nc4ccccc4nc32)cc1OC. The highest BCUT2D eigenvalue weighted by Gasteiger charge is 2.24. The number of ether oxygens (including phenoxy) is 2. The topological polar surface area (TPSA) is 104 Å². The molecule has 37 heavy (non-hydrogen) atoms. The van der Waals surface area contributed by atoms with E-state index in [0.29, 0.717) is 57.5 Å². The number of amides is 1. The average molecular weight is 516 g/mol. The van der Waals surface area contributed by atoms with Gasteiger partial charge < -0.3 is 25.1 Å². The molecule has 3 aromatic carbocycles. The lowest BCUT2D eigenvalue weighted by Gasteiger charge is -2.11. The third-order valence-electron chi connectivity index (χ3n) is 6.29. The van der Waals surface area contributed by atoms with E-state index in [9.17, 15) is 4.79 Å². The number of anilines is 1. The highest BCUT2D eigenvalue weighted by atomic mass is 35.5. The van der Waals surface area contributed by atoms with Crippen LogP contribution in [0.15, 0.2) is 66.7 Å². The zero-order valence-corrected chi connectivity index (χ0v) is 21.2. The lowest BCUT2D eigenvalue weighted by Crippen LogP contribution is -2.24. The second-order valence-electron chi connectivity index (χ2n) is 8.51. The summed E-state index contributed by atoms with van der Waals surface area (Å²) in [7, 11) is 3.21. The Hall–Kier alpha value is -4.30. The quantitative estimate of drug-likeness (QED) is 0.301. The van der Waals surface area contributed by atoms with Gasteiger partial charge in [0.15, 0.2) is 17.1 Å². The summed E-state index contributed by atoms with van der Waals surface area (Å²) in [4.78, 5) is 23.0. The molecular formula is C28H26ClN5O3. The number of nitrogens with one attached hydrogen (secondary N) is 1. The first kappa shape index (κ1) is 24.4. The average Bonchev–Trinajstić information content (AvgIpc) is 3.19. The van der Waals surface area contributed by atoms with Gasteiger partial charge in [0.25, 0.3) is 5.91 Å². The third-order valence-corrected chi connectivity index (χ3v) is 6.66. The Morgan fingerprint density at radius 1 is 0.973 bits per heavy atom. The van der Waals surface area contributed by atoms with Gasteiger partial charge in [0, 0.05) is 18.1 Å². The molecule has 8 nitrogen and oxygen atoms in total. The fourth-order valence-corrected chi connectivity index (χ4v) is 4.55. The van der Waals surface area contributed by atoms with Crippen molar-refractivity contribution in [3.63, 3.8) is 0 Å². The van der Waals surface area contributed by atoms with Crippen LogP contribution in [-0.2, 0) is 19.5 Å². The van der Waals surface area contributed by atoms with Crippen LogP contribution in [0, 0.1) is 0 Å². The molecule has 0 saturated heterocycles. The molecule has 0 radical (unpaired) electrons. The summed E-state index contributed by atoms with van der Waals surface area (Å²) >= 11 is 6.27. The smallest absolute Gasteiger partial charge is 0.257 e. The predicted octanol–water partition coefficient (Wildman–Crippen LogP) is 5.01. The largest absolute Gasteiger partial charge is 0.493 e. The maximum Gasteiger partial charge on any atom is 0.257 e. The molecule has 1 amide bonds. The van der Waals surface area contributed by atoms with Crippen LogP contribution in [0.1, 0.15) is 21.5 Å². The molecule has 2 heterocycles. The molecule has 0 aliphatic carbocycles. The van der Waals surface area contributed by atoms with Gasteiger partial charge in [-0.15, -0.1) is 0 Å². The Morgan fingerprint density at radius 2 is 1.68 bits per heavy atom. The van der Waals surface area contributed by atoms with Crippen LogP contribution in [-0.4, -0.2) is 34.7 Å². The molecule has 5 rings (SSSR count). The Kier molecular flexibility index (Phi) is 6.83. The van der Waals surface area contributed by atoms with Crippen molar-refractivity contribution in [3.8, 4) is 11.5 Å². The molecule has 0 unspecified atom stereocenters. The van der Waals surface area contributed by atoms with Gasteiger partial charge in [0.05, 0.1) is 25.3 Å². The molecule has 0 aliphatic heterocycles. The Morgan fingerprint density at radius 3 is 2.41 bits per heavy atom. The number of aromatic nitrogens is 3. The predicted molar refractivity (Wildman–Crippen MR) is 145 cm³/mol.